The first kappa shape index (κ1) is 12.9. The van der Waals surface area contributed by atoms with E-state index >= 15 is 0 Å². The summed E-state index contributed by atoms with van der Waals surface area (Å²) in [6, 6.07) is 7.45. The molecule has 94 valence electrons. The van der Waals surface area contributed by atoms with Crippen molar-refractivity contribution >= 4 is 27.6 Å². The number of hydrogen-bond donors (Lipinski definition) is 0. The smallest absolute Gasteiger partial charge is 0.328 e. The second-order valence-electron chi connectivity index (χ2n) is 4.12. The summed E-state index contributed by atoms with van der Waals surface area (Å²) in [5, 5.41) is 9.22. The molecule has 0 aromatic heterocycles. The number of carbonyl (C=O) groups is 1. The first-order valence-electron chi connectivity index (χ1n) is 5.72. The van der Waals surface area contributed by atoms with Gasteiger partial charge in [-0.15, -0.1) is 0 Å². The molecule has 1 aromatic rings. The Balaban J connectivity index is 2.40. The van der Waals surface area contributed by atoms with Crippen LogP contribution in [0.2, 0.25) is 0 Å². The Bertz CT molecular complexity index is 510. The minimum Gasteiger partial charge on any atom is -0.467 e. The van der Waals surface area contributed by atoms with E-state index in [1.54, 1.807) is 0 Å². The average Bonchev–Trinajstić information content (AvgIpc) is 2.86. The molecule has 1 aromatic carbocycles. The van der Waals surface area contributed by atoms with Crippen LogP contribution in [-0.4, -0.2) is 25.7 Å². The molecule has 0 aliphatic carbocycles. The van der Waals surface area contributed by atoms with Gasteiger partial charge in [0.1, 0.15) is 12.1 Å². The molecule has 1 aliphatic rings. The Morgan fingerprint density at radius 1 is 1.61 bits per heavy atom. The number of anilines is 1. The SMILES string of the molecule is COC(=O)C1CCCN1c1cccc(Br)c1C#N. The van der Waals surface area contributed by atoms with Gasteiger partial charge in [0.25, 0.3) is 0 Å². The lowest BCUT2D eigenvalue weighted by atomic mass is 10.1. The topological polar surface area (TPSA) is 53.3 Å². The summed E-state index contributed by atoms with van der Waals surface area (Å²) in [5.41, 5.74) is 1.35. The van der Waals surface area contributed by atoms with Crippen LogP contribution in [0.4, 0.5) is 5.69 Å². The second-order valence-corrected chi connectivity index (χ2v) is 4.97. The van der Waals surface area contributed by atoms with Crippen LogP contribution in [0.15, 0.2) is 22.7 Å². The van der Waals surface area contributed by atoms with Crippen molar-refractivity contribution < 1.29 is 9.53 Å². The molecule has 1 atom stereocenters. The number of ether oxygens (including phenoxy) is 1. The Morgan fingerprint density at radius 2 is 2.39 bits per heavy atom. The molecule has 0 N–H and O–H groups in total. The zero-order valence-corrected chi connectivity index (χ0v) is 11.6. The summed E-state index contributed by atoms with van der Waals surface area (Å²) < 4.78 is 5.56. The van der Waals surface area contributed by atoms with Crippen LogP contribution in [0.1, 0.15) is 18.4 Å². The van der Waals surface area contributed by atoms with Crippen molar-refractivity contribution in [3.8, 4) is 6.07 Å². The van der Waals surface area contributed by atoms with Crippen molar-refractivity contribution in [2.24, 2.45) is 0 Å². The van der Waals surface area contributed by atoms with Gasteiger partial charge in [-0.05, 0) is 40.9 Å². The summed E-state index contributed by atoms with van der Waals surface area (Å²) in [7, 11) is 1.39. The zero-order chi connectivity index (χ0) is 13.1. The molecule has 2 rings (SSSR count). The number of nitriles is 1. The lowest BCUT2D eigenvalue weighted by molar-refractivity contribution is -0.141. The fourth-order valence-electron chi connectivity index (χ4n) is 2.30. The highest BCUT2D eigenvalue weighted by molar-refractivity contribution is 9.10. The first-order valence-corrected chi connectivity index (χ1v) is 6.51. The molecule has 1 aliphatic heterocycles. The van der Waals surface area contributed by atoms with Crippen molar-refractivity contribution in [3.63, 3.8) is 0 Å². The van der Waals surface area contributed by atoms with Gasteiger partial charge in [-0.3, -0.25) is 0 Å². The van der Waals surface area contributed by atoms with E-state index < -0.39 is 0 Å². The molecule has 5 heteroatoms. The van der Waals surface area contributed by atoms with Gasteiger partial charge in [-0.25, -0.2) is 4.79 Å². The maximum atomic E-state index is 11.7. The highest BCUT2D eigenvalue weighted by Gasteiger charge is 2.33. The summed E-state index contributed by atoms with van der Waals surface area (Å²) in [6.07, 6.45) is 1.70. The Kier molecular flexibility index (Phi) is 3.87. The predicted molar refractivity (Wildman–Crippen MR) is 71.2 cm³/mol. The van der Waals surface area contributed by atoms with Crippen LogP contribution in [0.5, 0.6) is 0 Å². The lowest BCUT2D eigenvalue weighted by Gasteiger charge is -2.25. The molecule has 0 bridgehead atoms. The van der Waals surface area contributed by atoms with Crippen LogP contribution >= 0.6 is 15.9 Å². The van der Waals surface area contributed by atoms with Crippen molar-refractivity contribution in [3.05, 3.63) is 28.2 Å². The molecule has 1 saturated heterocycles. The quantitative estimate of drug-likeness (QED) is 0.788. The second kappa shape index (κ2) is 5.40. The molecule has 1 fully saturated rings. The van der Waals surface area contributed by atoms with Gasteiger partial charge in [0.15, 0.2) is 0 Å². The third-order valence-electron chi connectivity index (χ3n) is 3.14. The van der Waals surface area contributed by atoms with Crippen LogP contribution < -0.4 is 4.90 Å². The fourth-order valence-corrected chi connectivity index (χ4v) is 2.74. The van der Waals surface area contributed by atoms with Gasteiger partial charge in [0, 0.05) is 11.0 Å². The van der Waals surface area contributed by atoms with Crippen LogP contribution in [0, 0.1) is 11.3 Å². The van der Waals surface area contributed by atoms with E-state index in [9.17, 15) is 10.1 Å². The van der Waals surface area contributed by atoms with Gasteiger partial charge >= 0.3 is 5.97 Å². The maximum Gasteiger partial charge on any atom is 0.328 e. The third-order valence-corrected chi connectivity index (χ3v) is 3.80. The summed E-state index contributed by atoms with van der Waals surface area (Å²) in [6.45, 7) is 0.769. The largest absolute Gasteiger partial charge is 0.467 e. The number of benzene rings is 1. The fraction of sp³-hybridized carbons (Fsp3) is 0.385. The number of carbonyl (C=O) groups excluding carboxylic acids is 1. The Labute approximate surface area is 114 Å². The molecular formula is C13H13BrN2O2. The van der Waals surface area contributed by atoms with Gasteiger partial charge < -0.3 is 9.64 Å². The number of hydrogen-bond acceptors (Lipinski definition) is 4. The third kappa shape index (κ3) is 2.21. The first-order chi connectivity index (χ1) is 8.69. The van der Waals surface area contributed by atoms with E-state index in [4.69, 9.17) is 4.74 Å². The summed E-state index contributed by atoms with van der Waals surface area (Å²) in [4.78, 5) is 13.7. The molecule has 1 unspecified atom stereocenters. The monoisotopic (exact) mass is 308 g/mol. The van der Waals surface area contributed by atoms with E-state index in [0.717, 1.165) is 29.5 Å². The van der Waals surface area contributed by atoms with Crippen LogP contribution in [0.25, 0.3) is 0 Å². The zero-order valence-electron chi connectivity index (χ0n) is 10.0. The highest BCUT2D eigenvalue weighted by Crippen LogP contribution is 2.32. The van der Waals surface area contributed by atoms with E-state index in [1.165, 1.54) is 7.11 Å². The predicted octanol–water partition coefficient (Wildman–Crippen LogP) is 2.46. The maximum absolute atomic E-state index is 11.7. The summed E-state index contributed by atoms with van der Waals surface area (Å²) >= 11 is 3.36. The molecule has 1 heterocycles. The van der Waals surface area contributed by atoms with Crippen molar-refractivity contribution in [2.75, 3.05) is 18.6 Å². The van der Waals surface area contributed by atoms with Gasteiger partial charge in [-0.2, -0.15) is 5.26 Å². The number of halogens is 1. The van der Waals surface area contributed by atoms with Crippen molar-refractivity contribution in [1.29, 1.82) is 5.26 Å². The van der Waals surface area contributed by atoms with Crippen LogP contribution in [-0.2, 0) is 9.53 Å². The standard InChI is InChI=1S/C13H13BrN2O2/c1-18-13(17)12-6-3-7-16(12)11-5-2-4-10(14)9(11)8-15/h2,4-5,12H,3,6-7H2,1H3. The number of rotatable bonds is 2. The highest BCUT2D eigenvalue weighted by atomic mass is 79.9. The molecule has 0 radical (unpaired) electrons. The minimum atomic E-state index is -0.281. The molecular weight excluding hydrogens is 296 g/mol. The molecule has 0 spiro atoms. The van der Waals surface area contributed by atoms with Crippen molar-refractivity contribution in [1.82, 2.24) is 0 Å². The molecule has 0 amide bonds. The Hall–Kier alpha value is -1.54. The van der Waals surface area contributed by atoms with Crippen molar-refractivity contribution in [2.45, 2.75) is 18.9 Å². The number of esters is 1. The van der Waals surface area contributed by atoms with Gasteiger partial charge in [0.05, 0.1) is 18.4 Å². The van der Waals surface area contributed by atoms with E-state index in [-0.39, 0.29) is 12.0 Å². The number of nitrogens with zero attached hydrogens (tertiary/aromatic N) is 2. The molecule has 0 saturated carbocycles. The van der Waals surface area contributed by atoms with E-state index in [0.29, 0.717) is 5.56 Å². The van der Waals surface area contributed by atoms with Gasteiger partial charge in [0.2, 0.25) is 0 Å². The Morgan fingerprint density at radius 3 is 3.06 bits per heavy atom. The van der Waals surface area contributed by atoms with Crippen LogP contribution in [0.3, 0.4) is 0 Å². The normalized spacial score (nSPS) is 18.5. The molecule has 18 heavy (non-hydrogen) atoms. The minimum absolute atomic E-state index is 0.239. The number of methoxy groups -OCH3 is 1. The van der Waals surface area contributed by atoms with E-state index in [2.05, 4.69) is 22.0 Å². The summed E-state index contributed by atoms with van der Waals surface area (Å²) in [5.74, 6) is -0.239. The molecule has 4 nitrogen and oxygen atoms in total. The average molecular weight is 309 g/mol. The lowest BCUT2D eigenvalue weighted by Crippen LogP contribution is -2.37. The van der Waals surface area contributed by atoms with Gasteiger partial charge in [-0.1, -0.05) is 6.07 Å². The van der Waals surface area contributed by atoms with E-state index in [1.807, 2.05) is 23.1 Å².